The van der Waals surface area contributed by atoms with Gasteiger partial charge in [0.15, 0.2) is 0 Å². The van der Waals surface area contributed by atoms with E-state index in [9.17, 15) is 9.59 Å². The number of amides is 1. The Balaban J connectivity index is 1.56. The molecule has 1 fully saturated rings. The van der Waals surface area contributed by atoms with Gasteiger partial charge in [0.05, 0.1) is 17.1 Å². The summed E-state index contributed by atoms with van der Waals surface area (Å²) in [7, 11) is 0. The van der Waals surface area contributed by atoms with Gasteiger partial charge in [-0.3, -0.25) is 9.69 Å². The topological polar surface area (TPSA) is 100 Å². The lowest BCUT2D eigenvalue weighted by atomic mass is 10.1. The average molecular weight is 372 g/mol. The first-order valence-corrected chi connectivity index (χ1v) is 8.31. The molecule has 0 atom stereocenters. The molecule has 3 heterocycles. The Morgan fingerprint density at radius 1 is 1.31 bits per heavy atom. The van der Waals surface area contributed by atoms with Gasteiger partial charge in [-0.15, -0.1) is 0 Å². The first-order chi connectivity index (χ1) is 12.6. The monoisotopic (exact) mass is 371 g/mol. The largest absolute Gasteiger partial charge is 0.447 e. The highest BCUT2D eigenvalue weighted by atomic mass is 35.5. The third-order valence-corrected chi connectivity index (χ3v) is 4.34. The number of hydrogen-bond donors (Lipinski definition) is 2. The standard InChI is InChI=1S/C17H14ClN5O3/c18-12-3-1-2-10-8-11(15(24)22-14(10)12)9-20-16-19-5-4-13(21-16)23-6-7-26-17(23)25/h1-5,8H,6-7,9H2,(H,22,24)(H,19,20,21). The highest BCUT2D eigenvalue weighted by Crippen LogP contribution is 2.21. The van der Waals surface area contributed by atoms with Crippen molar-refractivity contribution < 1.29 is 9.53 Å². The summed E-state index contributed by atoms with van der Waals surface area (Å²) in [5.74, 6) is 0.761. The Labute approximate surface area is 152 Å². The van der Waals surface area contributed by atoms with Crippen LogP contribution in [0, 0.1) is 0 Å². The minimum Gasteiger partial charge on any atom is -0.447 e. The van der Waals surface area contributed by atoms with E-state index in [-0.39, 0.29) is 12.1 Å². The number of hydrogen-bond acceptors (Lipinski definition) is 6. The molecular weight excluding hydrogens is 358 g/mol. The smallest absolute Gasteiger partial charge is 0.415 e. The number of anilines is 2. The number of H-pyrrole nitrogens is 1. The minimum atomic E-state index is -0.433. The van der Waals surface area contributed by atoms with E-state index < -0.39 is 6.09 Å². The molecule has 1 aliphatic rings. The molecule has 0 aliphatic carbocycles. The first-order valence-electron chi connectivity index (χ1n) is 7.93. The molecule has 1 aromatic carbocycles. The molecule has 4 rings (SSSR count). The van der Waals surface area contributed by atoms with Crippen LogP contribution in [-0.4, -0.2) is 34.2 Å². The number of carbonyl (C=O) groups is 1. The second-order valence-corrected chi connectivity index (χ2v) is 6.09. The second-order valence-electron chi connectivity index (χ2n) is 5.69. The lowest BCUT2D eigenvalue weighted by Crippen LogP contribution is -2.25. The molecule has 0 spiro atoms. The van der Waals surface area contributed by atoms with Crippen molar-refractivity contribution in [2.45, 2.75) is 6.54 Å². The number of aromatic nitrogens is 3. The van der Waals surface area contributed by atoms with Crippen molar-refractivity contribution in [3.8, 4) is 0 Å². The predicted molar refractivity (Wildman–Crippen MR) is 97.6 cm³/mol. The highest BCUT2D eigenvalue weighted by molar-refractivity contribution is 6.35. The van der Waals surface area contributed by atoms with Crippen LogP contribution >= 0.6 is 11.6 Å². The lowest BCUT2D eigenvalue weighted by Gasteiger charge is -2.12. The maximum atomic E-state index is 12.3. The summed E-state index contributed by atoms with van der Waals surface area (Å²) >= 11 is 6.10. The molecule has 1 saturated heterocycles. The van der Waals surface area contributed by atoms with E-state index >= 15 is 0 Å². The average Bonchev–Trinajstić information content (AvgIpc) is 3.07. The van der Waals surface area contributed by atoms with Crippen LogP contribution in [0.1, 0.15) is 5.56 Å². The summed E-state index contributed by atoms with van der Waals surface area (Å²) in [5, 5.41) is 4.34. The molecule has 1 amide bonds. The van der Waals surface area contributed by atoms with Gasteiger partial charge in [0.1, 0.15) is 12.4 Å². The number of fused-ring (bicyclic) bond motifs is 1. The molecule has 0 unspecified atom stereocenters. The predicted octanol–water partition coefficient (Wildman–Crippen LogP) is 2.54. The maximum Gasteiger partial charge on any atom is 0.415 e. The van der Waals surface area contributed by atoms with Crippen LogP contribution in [0.5, 0.6) is 0 Å². The fourth-order valence-electron chi connectivity index (χ4n) is 2.73. The number of nitrogens with zero attached hydrogens (tertiary/aromatic N) is 3. The number of benzene rings is 1. The van der Waals surface area contributed by atoms with E-state index in [2.05, 4.69) is 20.3 Å². The van der Waals surface area contributed by atoms with Gasteiger partial charge < -0.3 is 15.0 Å². The molecule has 132 valence electrons. The number of carbonyl (C=O) groups excluding carboxylic acids is 1. The van der Waals surface area contributed by atoms with Crippen molar-refractivity contribution in [3.05, 3.63) is 57.5 Å². The number of para-hydroxylation sites is 1. The number of ether oxygens (including phenoxy) is 1. The van der Waals surface area contributed by atoms with E-state index in [0.717, 1.165) is 5.39 Å². The van der Waals surface area contributed by atoms with E-state index in [4.69, 9.17) is 16.3 Å². The maximum absolute atomic E-state index is 12.3. The summed E-state index contributed by atoms with van der Waals surface area (Å²) in [6.45, 7) is 1.01. The zero-order chi connectivity index (χ0) is 18.1. The van der Waals surface area contributed by atoms with Crippen LogP contribution in [0.15, 0.2) is 41.3 Å². The van der Waals surface area contributed by atoms with Crippen molar-refractivity contribution in [2.24, 2.45) is 0 Å². The molecule has 3 aromatic rings. The van der Waals surface area contributed by atoms with Gasteiger partial charge in [-0.2, -0.15) is 4.98 Å². The van der Waals surface area contributed by atoms with E-state index in [1.54, 1.807) is 24.4 Å². The summed E-state index contributed by atoms with van der Waals surface area (Å²) in [6.07, 6.45) is 1.11. The Hall–Kier alpha value is -3.13. The van der Waals surface area contributed by atoms with Gasteiger partial charge >= 0.3 is 6.09 Å². The van der Waals surface area contributed by atoms with E-state index in [1.807, 2.05) is 12.1 Å². The first kappa shape index (κ1) is 16.3. The van der Waals surface area contributed by atoms with Crippen LogP contribution in [0.2, 0.25) is 5.02 Å². The molecule has 8 nitrogen and oxygen atoms in total. The van der Waals surface area contributed by atoms with Crippen LogP contribution in [-0.2, 0) is 11.3 Å². The summed E-state index contributed by atoms with van der Waals surface area (Å²) in [6, 6.07) is 8.82. The Bertz CT molecular complexity index is 1050. The normalized spacial score (nSPS) is 13.9. The molecule has 1 aliphatic heterocycles. The van der Waals surface area contributed by atoms with Gasteiger partial charge in [-0.05, 0) is 18.2 Å². The SMILES string of the molecule is O=C1OCCN1c1ccnc(NCc2cc3cccc(Cl)c3[nH]c2=O)n1. The molecular formula is C17H14ClN5O3. The molecule has 26 heavy (non-hydrogen) atoms. The minimum absolute atomic E-state index is 0.228. The zero-order valence-corrected chi connectivity index (χ0v) is 14.3. The van der Waals surface area contributed by atoms with Crippen molar-refractivity contribution in [1.29, 1.82) is 0 Å². The summed E-state index contributed by atoms with van der Waals surface area (Å²) < 4.78 is 4.91. The fourth-order valence-corrected chi connectivity index (χ4v) is 2.96. The molecule has 0 bridgehead atoms. The number of halogens is 1. The van der Waals surface area contributed by atoms with Crippen LogP contribution < -0.4 is 15.8 Å². The Kier molecular flexibility index (Phi) is 4.18. The third kappa shape index (κ3) is 3.06. The second kappa shape index (κ2) is 6.64. The van der Waals surface area contributed by atoms with Crippen molar-refractivity contribution in [3.63, 3.8) is 0 Å². The van der Waals surface area contributed by atoms with Crippen LogP contribution in [0.4, 0.5) is 16.6 Å². The number of rotatable bonds is 4. The molecule has 9 heteroatoms. The third-order valence-electron chi connectivity index (χ3n) is 4.02. The van der Waals surface area contributed by atoms with Gasteiger partial charge in [-0.25, -0.2) is 9.78 Å². The number of nitrogens with one attached hydrogen (secondary N) is 2. The quantitative estimate of drug-likeness (QED) is 0.731. The zero-order valence-electron chi connectivity index (χ0n) is 13.5. The fraction of sp³-hybridized carbons (Fsp3) is 0.176. The van der Waals surface area contributed by atoms with E-state index in [0.29, 0.717) is 41.0 Å². The van der Waals surface area contributed by atoms with Gasteiger partial charge in [0.2, 0.25) is 5.95 Å². The summed E-state index contributed by atoms with van der Waals surface area (Å²) in [5.41, 5.74) is 0.889. The van der Waals surface area contributed by atoms with Crippen LogP contribution in [0.3, 0.4) is 0 Å². The number of aromatic amines is 1. The molecule has 0 saturated carbocycles. The molecule has 2 N–H and O–H groups in total. The summed E-state index contributed by atoms with van der Waals surface area (Å²) in [4.78, 5) is 36.5. The van der Waals surface area contributed by atoms with Crippen molar-refractivity contribution in [1.82, 2.24) is 15.0 Å². The number of cyclic esters (lactones) is 1. The van der Waals surface area contributed by atoms with Crippen molar-refractivity contribution >= 4 is 40.4 Å². The number of pyridine rings is 1. The Morgan fingerprint density at radius 2 is 2.19 bits per heavy atom. The lowest BCUT2D eigenvalue weighted by molar-refractivity contribution is 0.181. The molecule has 2 aromatic heterocycles. The van der Waals surface area contributed by atoms with Gasteiger partial charge in [0, 0.05) is 23.7 Å². The Morgan fingerprint density at radius 3 is 3.00 bits per heavy atom. The van der Waals surface area contributed by atoms with Gasteiger partial charge in [-0.1, -0.05) is 23.7 Å². The highest BCUT2D eigenvalue weighted by Gasteiger charge is 2.24. The van der Waals surface area contributed by atoms with Crippen molar-refractivity contribution in [2.75, 3.05) is 23.4 Å². The van der Waals surface area contributed by atoms with Gasteiger partial charge in [0.25, 0.3) is 5.56 Å². The van der Waals surface area contributed by atoms with E-state index in [1.165, 1.54) is 4.90 Å². The molecule has 0 radical (unpaired) electrons. The van der Waals surface area contributed by atoms with Crippen LogP contribution in [0.25, 0.3) is 10.9 Å².